The van der Waals surface area contributed by atoms with Crippen molar-refractivity contribution in [2.45, 2.75) is 69.8 Å². The molecular formula is C40H51NO5SSi. The lowest BCUT2D eigenvalue weighted by atomic mass is 10.1. The van der Waals surface area contributed by atoms with Crippen LogP contribution in [0.25, 0.3) is 0 Å². The van der Waals surface area contributed by atoms with Gasteiger partial charge in [0.1, 0.15) is 11.5 Å². The molecule has 0 saturated heterocycles. The van der Waals surface area contributed by atoms with Crippen molar-refractivity contribution in [3.63, 3.8) is 0 Å². The van der Waals surface area contributed by atoms with Gasteiger partial charge in [0.2, 0.25) is 10.0 Å². The van der Waals surface area contributed by atoms with Crippen molar-refractivity contribution in [2.75, 3.05) is 20.8 Å². The van der Waals surface area contributed by atoms with Crippen LogP contribution in [0.15, 0.2) is 122 Å². The van der Waals surface area contributed by atoms with Crippen molar-refractivity contribution in [1.82, 2.24) is 4.31 Å². The van der Waals surface area contributed by atoms with E-state index < -0.39 is 23.6 Å². The number of sulfonamides is 1. The molecule has 0 aliphatic carbocycles. The number of hydrogen-bond donors (Lipinski definition) is 0. The first-order chi connectivity index (χ1) is 23.0. The molecule has 256 valence electrons. The Balaban J connectivity index is 1.61. The lowest BCUT2D eigenvalue weighted by Crippen LogP contribution is -2.66. The Morgan fingerprint density at radius 1 is 0.729 bits per heavy atom. The first kappa shape index (κ1) is 37.1. The van der Waals surface area contributed by atoms with E-state index in [1.165, 1.54) is 10.4 Å². The molecule has 48 heavy (non-hydrogen) atoms. The van der Waals surface area contributed by atoms with Crippen LogP contribution in [0.4, 0.5) is 0 Å². The van der Waals surface area contributed by atoms with Crippen molar-refractivity contribution < 1.29 is 22.3 Å². The van der Waals surface area contributed by atoms with Gasteiger partial charge in [0.25, 0.3) is 8.32 Å². The molecule has 1 unspecified atom stereocenters. The van der Waals surface area contributed by atoms with Gasteiger partial charge in [0.05, 0.1) is 19.5 Å². The van der Waals surface area contributed by atoms with Gasteiger partial charge < -0.3 is 13.9 Å². The summed E-state index contributed by atoms with van der Waals surface area (Å²) in [6, 6.07) is 36.2. The summed E-state index contributed by atoms with van der Waals surface area (Å²) in [6.07, 6.45) is 4.00. The molecule has 4 aromatic carbocycles. The van der Waals surface area contributed by atoms with Crippen LogP contribution in [-0.2, 0) is 27.5 Å². The van der Waals surface area contributed by atoms with E-state index in [1.807, 2.05) is 60.7 Å². The van der Waals surface area contributed by atoms with E-state index in [9.17, 15) is 8.42 Å². The fourth-order valence-corrected chi connectivity index (χ4v) is 12.9. The zero-order valence-corrected chi connectivity index (χ0v) is 30.9. The largest absolute Gasteiger partial charge is 0.497 e. The van der Waals surface area contributed by atoms with E-state index in [1.54, 1.807) is 24.6 Å². The summed E-state index contributed by atoms with van der Waals surface area (Å²) < 4.78 is 48.6. The Morgan fingerprint density at radius 2 is 1.19 bits per heavy atom. The minimum atomic E-state index is -3.73. The molecular weight excluding hydrogens is 635 g/mol. The highest BCUT2D eigenvalue weighted by Crippen LogP contribution is 2.37. The number of hydrogen-bond acceptors (Lipinski definition) is 5. The van der Waals surface area contributed by atoms with Crippen molar-refractivity contribution in [3.8, 4) is 11.5 Å². The Bertz CT molecular complexity index is 1570. The second-order valence-corrected chi connectivity index (χ2v) is 19.7. The Kier molecular flexibility index (Phi) is 13.2. The number of nitrogens with zero attached hydrogens (tertiary/aromatic N) is 1. The second-order valence-electron chi connectivity index (χ2n) is 13.2. The fourth-order valence-electron chi connectivity index (χ4n) is 6.36. The maximum atomic E-state index is 14.6. The van der Waals surface area contributed by atoms with Gasteiger partial charge in [-0.15, -0.1) is 6.58 Å². The Hall–Kier alpha value is -3.69. The molecule has 0 saturated carbocycles. The molecule has 0 aliphatic heterocycles. The van der Waals surface area contributed by atoms with Gasteiger partial charge in [-0.05, 0) is 76.5 Å². The van der Waals surface area contributed by atoms with E-state index in [0.717, 1.165) is 22.6 Å². The topological polar surface area (TPSA) is 65.1 Å². The first-order valence-electron chi connectivity index (χ1n) is 16.7. The van der Waals surface area contributed by atoms with Crippen LogP contribution in [0, 0.1) is 0 Å². The van der Waals surface area contributed by atoms with Gasteiger partial charge in [0.15, 0.2) is 0 Å². The normalized spacial score (nSPS) is 12.9. The lowest BCUT2D eigenvalue weighted by Gasteiger charge is -2.43. The Labute approximate surface area is 289 Å². The van der Waals surface area contributed by atoms with Crippen molar-refractivity contribution in [3.05, 3.63) is 133 Å². The average Bonchev–Trinajstić information content (AvgIpc) is 3.10. The minimum Gasteiger partial charge on any atom is -0.497 e. The summed E-state index contributed by atoms with van der Waals surface area (Å²) in [7, 11) is -3.22. The predicted octanol–water partition coefficient (Wildman–Crippen LogP) is 7.73. The summed E-state index contributed by atoms with van der Waals surface area (Å²) in [4.78, 5) is 0. The summed E-state index contributed by atoms with van der Waals surface area (Å²) in [5, 5.41) is 1.68. The monoisotopic (exact) mass is 685 g/mol. The molecule has 0 radical (unpaired) electrons. The van der Waals surface area contributed by atoms with Crippen LogP contribution in [0.2, 0.25) is 5.04 Å². The van der Waals surface area contributed by atoms with Crippen molar-refractivity contribution in [2.24, 2.45) is 0 Å². The summed E-state index contributed by atoms with van der Waals surface area (Å²) in [5.74, 6) is 1.46. The molecule has 0 N–H and O–H groups in total. The summed E-state index contributed by atoms with van der Waals surface area (Å²) >= 11 is 0. The van der Waals surface area contributed by atoms with E-state index in [2.05, 4.69) is 75.9 Å². The average molecular weight is 686 g/mol. The number of rotatable bonds is 18. The molecule has 0 bridgehead atoms. The highest BCUT2D eigenvalue weighted by molar-refractivity contribution is 7.89. The lowest BCUT2D eigenvalue weighted by molar-refractivity contribution is 0.285. The van der Waals surface area contributed by atoms with E-state index in [-0.39, 0.29) is 18.1 Å². The third kappa shape index (κ3) is 9.05. The number of ether oxygens (including phenoxy) is 2. The van der Waals surface area contributed by atoms with Gasteiger partial charge in [-0.3, -0.25) is 0 Å². The van der Waals surface area contributed by atoms with Gasteiger partial charge in [-0.25, -0.2) is 8.42 Å². The number of methoxy groups -OCH3 is 2. The molecule has 0 heterocycles. The van der Waals surface area contributed by atoms with Crippen LogP contribution in [0.1, 0.15) is 57.6 Å². The smallest absolute Gasteiger partial charge is 0.261 e. The number of benzene rings is 4. The SMILES string of the molecule is C=CCCC(CCCO[Si](c1ccccc1)(c1ccccc1)C(C)(C)C)S(=O)(=O)N(Cc1ccc(OC)cc1)Cc1ccc(OC)cc1. The molecule has 0 amide bonds. The predicted molar refractivity (Wildman–Crippen MR) is 200 cm³/mol. The van der Waals surface area contributed by atoms with E-state index in [4.69, 9.17) is 13.9 Å². The third-order valence-electron chi connectivity index (χ3n) is 8.92. The van der Waals surface area contributed by atoms with Crippen molar-refractivity contribution >= 4 is 28.7 Å². The highest BCUT2D eigenvalue weighted by atomic mass is 32.2. The quantitative estimate of drug-likeness (QED) is 0.0610. The highest BCUT2D eigenvalue weighted by Gasteiger charge is 2.50. The van der Waals surface area contributed by atoms with E-state index >= 15 is 0 Å². The molecule has 8 heteroatoms. The van der Waals surface area contributed by atoms with Crippen molar-refractivity contribution in [1.29, 1.82) is 0 Å². The Morgan fingerprint density at radius 3 is 1.58 bits per heavy atom. The van der Waals surface area contributed by atoms with E-state index in [0.29, 0.717) is 32.3 Å². The van der Waals surface area contributed by atoms with Crippen LogP contribution in [-0.4, -0.2) is 47.1 Å². The van der Waals surface area contributed by atoms with Gasteiger partial charge in [-0.1, -0.05) is 112 Å². The molecule has 1 atom stereocenters. The molecule has 4 aromatic rings. The maximum absolute atomic E-state index is 14.6. The molecule has 6 nitrogen and oxygen atoms in total. The van der Waals surface area contributed by atoms with Gasteiger partial charge in [0, 0.05) is 19.7 Å². The zero-order valence-electron chi connectivity index (χ0n) is 29.1. The standard InChI is InChI=1S/C40H51NO5SSi/c1-7-8-16-37(17-15-30-46-48(40(2,3)4,38-18-11-9-12-19-38)39-20-13-10-14-21-39)47(42,43)41(31-33-22-26-35(44-5)27-23-33)32-34-24-28-36(45-6)29-25-34/h7,9-14,18-29,37H,1,8,15-17,30-32H2,2-6H3. The third-order valence-corrected chi connectivity index (χ3v) is 16.2. The maximum Gasteiger partial charge on any atom is 0.261 e. The molecule has 0 fully saturated rings. The summed E-state index contributed by atoms with van der Waals surface area (Å²) in [6.45, 7) is 11.6. The number of allylic oxidation sites excluding steroid dienone is 1. The first-order valence-corrected chi connectivity index (χ1v) is 20.1. The minimum absolute atomic E-state index is 0.155. The van der Waals surface area contributed by atoms with Crippen LogP contribution >= 0.6 is 0 Å². The fraction of sp³-hybridized carbons (Fsp3) is 0.350. The molecule has 0 aromatic heterocycles. The van der Waals surface area contributed by atoms with Crippen LogP contribution < -0.4 is 19.8 Å². The van der Waals surface area contributed by atoms with Gasteiger partial charge in [-0.2, -0.15) is 4.31 Å². The molecule has 0 spiro atoms. The molecule has 4 rings (SSSR count). The zero-order chi connectivity index (χ0) is 34.6. The summed E-state index contributed by atoms with van der Waals surface area (Å²) in [5.41, 5.74) is 1.79. The van der Waals surface area contributed by atoms with Gasteiger partial charge >= 0.3 is 0 Å². The second kappa shape index (κ2) is 17.1. The van der Waals surface area contributed by atoms with Crippen LogP contribution in [0.5, 0.6) is 11.5 Å². The van der Waals surface area contributed by atoms with Crippen LogP contribution in [0.3, 0.4) is 0 Å². The molecule has 0 aliphatic rings.